The van der Waals surface area contributed by atoms with Gasteiger partial charge in [0.1, 0.15) is 18.2 Å². The van der Waals surface area contributed by atoms with Crippen LogP contribution in [-0.4, -0.2) is 73.6 Å². The Balaban J connectivity index is 1.33. The Morgan fingerprint density at radius 1 is 1.12 bits per heavy atom. The van der Waals surface area contributed by atoms with Crippen molar-refractivity contribution in [3.8, 4) is 5.75 Å². The molecule has 0 bridgehead atoms. The van der Waals surface area contributed by atoms with E-state index in [1.54, 1.807) is 19.3 Å². The lowest BCUT2D eigenvalue weighted by atomic mass is 10.1. The van der Waals surface area contributed by atoms with Gasteiger partial charge in [-0.3, -0.25) is 14.7 Å². The maximum absolute atomic E-state index is 14.2. The van der Waals surface area contributed by atoms with Crippen LogP contribution in [0.1, 0.15) is 12.0 Å². The molecule has 3 aromatic rings. The number of amides is 1. The van der Waals surface area contributed by atoms with Crippen LogP contribution in [0.15, 0.2) is 66.6 Å². The van der Waals surface area contributed by atoms with E-state index >= 15 is 0 Å². The third-order valence-electron chi connectivity index (χ3n) is 6.80. The summed E-state index contributed by atoms with van der Waals surface area (Å²) in [7, 11) is 1.67. The van der Waals surface area contributed by atoms with Gasteiger partial charge in [0.05, 0.1) is 11.2 Å². The van der Waals surface area contributed by atoms with Crippen LogP contribution < -0.4 is 26.8 Å². The van der Waals surface area contributed by atoms with Crippen molar-refractivity contribution in [3.05, 3.63) is 83.0 Å². The van der Waals surface area contributed by atoms with E-state index in [4.69, 9.17) is 27.8 Å². The summed E-state index contributed by atoms with van der Waals surface area (Å²) in [5.74, 6) is 0.333. The Labute approximate surface area is 238 Å². The predicted molar refractivity (Wildman–Crippen MR) is 158 cm³/mol. The number of nitrogens with zero attached hydrogens (tertiary/aromatic N) is 3. The lowest BCUT2D eigenvalue weighted by molar-refractivity contribution is -0.121. The van der Waals surface area contributed by atoms with Crippen LogP contribution in [0.2, 0.25) is 5.02 Å². The zero-order valence-corrected chi connectivity index (χ0v) is 23.3. The van der Waals surface area contributed by atoms with E-state index in [2.05, 4.69) is 25.4 Å². The predicted octanol–water partition coefficient (Wildman–Crippen LogP) is 3.37. The first kappa shape index (κ1) is 29.1. The zero-order chi connectivity index (χ0) is 28.5. The number of halogens is 2. The zero-order valence-electron chi connectivity index (χ0n) is 22.5. The molecule has 4 rings (SSSR count). The smallest absolute Gasteiger partial charge is 0.221 e. The number of nitrogens with two attached hydrogens (primary N) is 2. The summed E-state index contributed by atoms with van der Waals surface area (Å²) in [6.07, 6.45) is 5.14. The van der Waals surface area contributed by atoms with Gasteiger partial charge in [-0.1, -0.05) is 11.6 Å². The number of carbonyl (C=O) groups is 1. The second kappa shape index (κ2) is 14.0. The van der Waals surface area contributed by atoms with Crippen LogP contribution in [0.3, 0.4) is 0 Å². The first-order valence-electron chi connectivity index (χ1n) is 13.1. The van der Waals surface area contributed by atoms with Crippen molar-refractivity contribution < 1.29 is 13.9 Å². The number of rotatable bonds is 11. The monoisotopic (exact) mass is 567 g/mol. The minimum atomic E-state index is -0.475. The molecular formula is C29H35ClFN7O2. The first-order chi connectivity index (χ1) is 19.4. The summed E-state index contributed by atoms with van der Waals surface area (Å²) in [6.45, 7) is 5.96. The quantitative estimate of drug-likeness (QED) is 0.260. The molecule has 0 saturated carbocycles. The Morgan fingerprint density at radius 2 is 1.88 bits per heavy atom. The van der Waals surface area contributed by atoms with Crippen LogP contribution in [0.5, 0.6) is 5.75 Å². The van der Waals surface area contributed by atoms with E-state index in [-0.39, 0.29) is 17.2 Å². The molecule has 11 heteroatoms. The van der Waals surface area contributed by atoms with Gasteiger partial charge in [0.15, 0.2) is 0 Å². The Morgan fingerprint density at radius 3 is 2.60 bits per heavy atom. The van der Waals surface area contributed by atoms with Crippen molar-refractivity contribution in [3.63, 3.8) is 0 Å². The lowest BCUT2D eigenvalue weighted by Gasteiger charge is -2.34. The number of anilines is 1. The number of hydrogen-bond acceptors (Lipinski definition) is 8. The minimum Gasteiger partial charge on any atom is -0.492 e. The third-order valence-corrected chi connectivity index (χ3v) is 7.03. The number of aromatic nitrogens is 1. The average Bonchev–Trinajstić information content (AvgIpc) is 2.97. The van der Waals surface area contributed by atoms with Crippen molar-refractivity contribution in [2.24, 2.45) is 11.5 Å². The molecule has 40 heavy (non-hydrogen) atoms. The topological polar surface area (TPSA) is 122 Å². The lowest BCUT2D eigenvalue weighted by Crippen LogP contribution is -2.48. The largest absolute Gasteiger partial charge is 0.492 e. The van der Waals surface area contributed by atoms with E-state index in [1.165, 1.54) is 24.4 Å². The van der Waals surface area contributed by atoms with Crippen LogP contribution in [-0.2, 0) is 4.79 Å². The number of pyridine rings is 1. The van der Waals surface area contributed by atoms with E-state index in [1.807, 2.05) is 24.3 Å². The van der Waals surface area contributed by atoms with Gasteiger partial charge in [0.25, 0.3) is 0 Å². The van der Waals surface area contributed by atoms with Gasteiger partial charge in [-0.15, -0.1) is 0 Å². The Kier molecular flexibility index (Phi) is 10.2. The highest BCUT2D eigenvalue weighted by atomic mass is 35.5. The molecule has 1 aromatic heterocycles. The molecular weight excluding hydrogens is 533 g/mol. The van der Waals surface area contributed by atoms with Gasteiger partial charge in [0.2, 0.25) is 5.91 Å². The normalized spacial score (nSPS) is 15.3. The molecule has 1 amide bonds. The number of piperazine rings is 1. The fourth-order valence-corrected chi connectivity index (χ4v) is 4.66. The highest BCUT2D eigenvalue weighted by molar-refractivity contribution is 6.30. The first-order valence-corrected chi connectivity index (χ1v) is 13.5. The Bertz CT molecular complexity index is 1390. The van der Waals surface area contributed by atoms with E-state index < -0.39 is 5.82 Å². The number of fused-ring (bicyclic) bond motifs is 1. The standard InChI is InChI=1S/C29H35ClFN7O2/c1-34-29(39)7-9-37-10-12-38(13-11-37)14-15-40-22-3-4-23-27(6-8-35-28(23)18-22)36-21(19-32)17-26(33)24-16-20(30)2-5-25(24)31/h2-6,8,16-19H,7,9-15,32-33H2,1H3,(H,34,39)(H,35,36)/b21-19+,26-17-. The molecule has 1 aliphatic heterocycles. The fraction of sp³-hybridized carbons (Fsp3) is 0.310. The molecule has 2 heterocycles. The van der Waals surface area contributed by atoms with E-state index in [0.29, 0.717) is 23.7 Å². The molecule has 1 aliphatic rings. The summed E-state index contributed by atoms with van der Waals surface area (Å²) in [6, 6.07) is 11.8. The number of allylic oxidation sites excluding steroid dienone is 1. The third kappa shape index (κ3) is 7.84. The van der Waals surface area contributed by atoms with Crippen molar-refractivity contribution in [1.82, 2.24) is 20.1 Å². The minimum absolute atomic E-state index is 0.0759. The van der Waals surface area contributed by atoms with Gasteiger partial charge in [-0.05, 0) is 42.5 Å². The molecule has 6 N–H and O–H groups in total. The molecule has 0 spiro atoms. The molecule has 1 fully saturated rings. The van der Waals surface area contributed by atoms with E-state index in [9.17, 15) is 9.18 Å². The van der Waals surface area contributed by atoms with Crippen LogP contribution in [0, 0.1) is 5.82 Å². The molecule has 0 atom stereocenters. The van der Waals surface area contributed by atoms with Gasteiger partial charge in [0, 0.05) is 98.6 Å². The summed E-state index contributed by atoms with van der Waals surface area (Å²) < 4.78 is 20.3. The highest BCUT2D eigenvalue weighted by Gasteiger charge is 2.17. The molecule has 0 radical (unpaired) electrons. The van der Waals surface area contributed by atoms with Crippen molar-refractivity contribution in [2.45, 2.75) is 6.42 Å². The maximum Gasteiger partial charge on any atom is 0.221 e. The Hall–Kier alpha value is -3.86. The summed E-state index contributed by atoms with van der Waals surface area (Å²) in [5.41, 5.74) is 14.4. The second-order valence-corrected chi connectivity index (χ2v) is 9.90. The summed E-state index contributed by atoms with van der Waals surface area (Å²) in [4.78, 5) is 20.6. The molecule has 1 saturated heterocycles. The number of carbonyl (C=O) groups excluding carboxylic acids is 1. The SMILES string of the molecule is CNC(=O)CCN1CCN(CCOc2ccc3c(NC(/C=C(\N)c4cc(Cl)ccc4F)=C/N)ccnc3c2)CC1. The van der Waals surface area contributed by atoms with Gasteiger partial charge >= 0.3 is 0 Å². The van der Waals surface area contributed by atoms with Gasteiger partial charge in [-0.2, -0.15) is 0 Å². The number of ether oxygens (including phenoxy) is 1. The average molecular weight is 568 g/mol. The van der Waals surface area contributed by atoms with E-state index in [0.717, 1.165) is 61.6 Å². The van der Waals surface area contributed by atoms with Crippen LogP contribution in [0.25, 0.3) is 16.6 Å². The van der Waals surface area contributed by atoms with Gasteiger partial charge < -0.3 is 31.7 Å². The van der Waals surface area contributed by atoms with Crippen molar-refractivity contribution in [2.75, 3.05) is 58.2 Å². The second-order valence-electron chi connectivity index (χ2n) is 9.46. The molecule has 212 valence electrons. The molecule has 0 unspecified atom stereocenters. The maximum atomic E-state index is 14.2. The van der Waals surface area contributed by atoms with Crippen molar-refractivity contribution in [1.29, 1.82) is 0 Å². The fourth-order valence-electron chi connectivity index (χ4n) is 4.49. The van der Waals surface area contributed by atoms with Gasteiger partial charge in [-0.25, -0.2) is 4.39 Å². The molecule has 2 aromatic carbocycles. The van der Waals surface area contributed by atoms with Crippen LogP contribution >= 0.6 is 11.6 Å². The summed E-state index contributed by atoms with van der Waals surface area (Å²) in [5, 5.41) is 7.16. The molecule has 9 nitrogen and oxygen atoms in total. The highest BCUT2D eigenvalue weighted by Crippen LogP contribution is 2.27. The van der Waals surface area contributed by atoms with Crippen molar-refractivity contribution >= 4 is 39.8 Å². The molecule has 0 aliphatic carbocycles. The number of hydrogen-bond donors (Lipinski definition) is 4. The summed E-state index contributed by atoms with van der Waals surface area (Å²) >= 11 is 6.00. The number of benzene rings is 2. The van der Waals surface area contributed by atoms with Crippen LogP contribution in [0.4, 0.5) is 10.1 Å². The number of nitrogens with one attached hydrogen (secondary N) is 2.